The van der Waals surface area contributed by atoms with Crippen molar-refractivity contribution in [2.24, 2.45) is 0 Å². The number of hydrogen-bond acceptors (Lipinski definition) is 3. The van der Waals surface area contributed by atoms with E-state index in [0.29, 0.717) is 17.2 Å². The van der Waals surface area contributed by atoms with Gasteiger partial charge in [-0.1, -0.05) is 30.7 Å². The molecule has 1 unspecified atom stereocenters. The molecule has 1 rings (SSSR count). The molecule has 4 nitrogen and oxygen atoms in total. The van der Waals surface area contributed by atoms with Crippen molar-refractivity contribution in [3.63, 3.8) is 0 Å². The highest BCUT2D eigenvalue weighted by atomic mass is 35.5. The predicted molar refractivity (Wildman–Crippen MR) is 75.5 cm³/mol. The Kier molecular flexibility index (Phi) is 6.12. The van der Waals surface area contributed by atoms with Crippen molar-refractivity contribution >= 4 is 17.5 Å². The van der Waals surface area contributed by atoms with Gasteiger partial charge in [0.15, 0.2) is 0 Å². The van der Waals surface area contributed by atoms with E-state index in [1.807, 2.05) is 19.1 Å². The topological polar surface area (TPSA) is 58.6 Å². The lowest BCUT2D eigenvalue weighted by atomic mass is 10.0. The normalized spacial score (nSPS) is 13.7. The first-order chi connectivity index (χ1) is 8.94. The second kappa shape index (κ2) is 7.36. The number of carbonyl (C=O) groups excluding carboxylic acids is 1. The molecule has 0 spiro atoms. The van der Waals surface area contributed by atoms with Crippen LogP contribution < -0.4 is 10.1 Å². The van der Waals surface area contributed by atoms with Crippen LogP contribution in [0.5, 0.6) is 5.75 Å². The molecule has 0 aliphatic rings. The lowest BCUT2D eigenvalue weighted by molar-refractivity contribution is -0.122. The van der Waals surface area contributed by atoms with Gasteiger partial charge in [-0.15, -0.1) is 0 Å². The molecule has 1 amide bonds. The van der Waals surface area contributed by atoms with Gasteiger partial charge in [0.25, 0.3) is 0 Å². The molecule has 1 atom stereocenters. The third kappa shape index (κ3) is 5.94. The van der Waals surface area contributed by atoms with Crippen molar-refractivity contribution in [3.05, 3.63) is 29.3 Å². The molecule has 19 heavy (non-hydrogen) atoms. The van der Waals surface area contributed by atoms with Crippen molar-refractivity contribution in [2.75, 3.05) is 13.2 Å². The lowest BCUT2D eigenvalue weighted by Gasteiger charge is -2.21. The number of halogens is 1. The molecule has 0 aromatic heterocycles. The Balaban J connectivity index is 2.26. The highest BCUT2D eigenvalue weighted by molar-refractivity contribution is 6.32. The first kappa shape index (κ1) is 15.8. The van der Waals surface area contributed by atoms with Gasteiger partial charge < -0.3 is 15.2 Å². The van der Waals surface area contributed by atoms with E-state index in [9.17, 15) is 9.90 Å². The molecular weight excluding hydrogens is 266 g/mol. The van der Waals surface area contributed by atoms with E-state index < -0.39 is 5.60 Å². The monoisotopic (exact) mass is 285 g/mol. The van der Waals surface area contributed by atoms with Crippen molar-refractivity contribution in [1.82, 2.24) is 5.32 Å². The summed E-state index contributed by atoms with van der Waals surface area (Å²) in [4.78, 5) is 11.5. The van der Waals surface area contributed by atoms with Gasteiger partial charge in [0.1, 0.15) is 5.75 Å². The zero-order valence-electron chi connectivity index (χ0n) is 11.3. The van der Waals surface area contributed by atoms with Crippen LogP contribution in [-0.2, 0) is 4.79 Å². The SMILES string of the molecule is CCC(C)(O)CNC(=O)CCOc1ccccc1Cl. The number of hydrogen-bond donors (Lipinski definition) is 2. The molecule has 0 radical (unpaired) electrons. The van der Waals surface area contributed by atoms with Crippen LogP contribution in [0.4, 0.5) is 0 Å². The van der Waals surface area contributed by atoms with E-state index in [1.54, 1.807) is 19.1 Å². The number of para-hydroxylation sites is 1. The Morgan fingerprint density at radius 3 is 2.79 bits per heavy atom. The van der Waals surface area contributed by atoms with Gasteiger partial charge >= 0.3 is 0 Å². The summed E-state index contributed by atoms with van der Waals surface area (Å²) in [7, 11) is 0. The number of nitrogens with one attached hydrogen (secondary N) is 1. The summed E-state index contributed by atoms with van der Waals surface area (Å²) in [6, 6.07) is 7.12. The third-order valence-electron chi connectivity index (χ3n) is 2.85. The highest BCUT2D eigenvalue weighted by Crippen LogP contribution is 2.22. The zero-order valence-corrected chi connectivity index (χ0v) is 12.0. The summed E-state index contributed by atoms with van der Waals surface area (Å²) in [6.07, 6.45) is 0.814. The molecule has 1 aromatic rings. The second-order valence-electron chi connectivity index (χ2n) is 4.66. The van der Waals surface area contributed by atoms with Gasteiger partial charge in [-0.25, -0.2) is 0 Å². The van der Waals surface area contributed by atoms with Gasteiger partial charge in [0.2, 0.25) is 5.91 Å². The van der Waals surface area contributed by atoms with Gasteiger partial charge in [0.05, 0.1) is 23.7 Å². The number of carbonyl (C=O) groups is 1. The van der Waals surface area contributed by atoms with Crippen LogP contribution in [0.2, 0.25) is 5.02 Å². The molecule has 0 aliphatic carbocycles. The van der Waals surface area contributed by atoms with E-state index in [0.717, 1.165) is 0 Å². The average Bonchev–Trinajstić information content (AvgIpc) is 2.39. The fourth-order valence-electron chi connectivity index (χ4n) is 1.32. The number of amides is 1. The fraction of sp³-hybridized carbons (Fsp3) is 0.500. The molecule has 0 fully saturated rings. The minimum atomic E-state index is -0.862. The molecule has 5 heteroatoms. The van der Waals surface area contributed by atoms with Crippen LogP contribution >= 0.6 is 11.6 Å². The van der Waals surface area contributed by atoms with Crippen molar-refractivity contribution < 1.29 is 14.6 Å². The van der Waals surface area contributed by atoms with Crippen LogP contribution in [0.3, 0.4) is 0 Å². The summed E-state index contributed by atoms with van der Waals surface area (Å²) in [5, 5.41) is 12.9. The molecular formula is C14H20ClNO3. The summed E-state index contributed by atoms with van der Waals surface area (Å²) in [5.41, 5.74) is -0.862. The quantitative estimate of drug-likeness (QED) is 0.809. The number of benzene rings is 1. The van der Waals surface area contributed by atoms with Crippen LogP contribution in [0.1, 0.15) is 26.7 Å². The lowest BCUT2D eigenvalue weighted by Crippen LogP contribution is -2.40. The van der Waals surface area contributed by atoms with Crippen LogP contribution in [-0.4, -0.2) is 29.8 Å². The molecule has 0 heterocycles. The van der Waals surface area contributed by atoms with Crippen molar-refractivity contribution in [3.8, 4) is 5.75 Å². The Hall–Kier alpha value is -1.26. The average molecular weight is 286 g/mol. The number of aliphatic hydroxyl groups is 1. The summed E-state index contributed by atoms with van der Waals surface area (Å²) in [6.45, 7) is 4.05. The Morgan fingerprint density at radius 2 is 2.16 bits per heavy atom. The van der Waals surface area contributed by atoms with Crippen molar-refractivity contribution in [1.29, 1.82) is 0 Å². The van der Waals surface area contributed by atoms with Gasteiger partial charge in [-0.3, -0.25) is 4.79 Å². The number of rotatable bonds is 7. The molecule has 0 saturated heterocycles. The summed E-state index contributed by atoms with van der Waals surface area (Å²) >= 11 is 5.92. The maximum atomic E-state index is 11.5. The molecule has 2 N–H and O–H groups in total. The number of ether oxygens (including phenoxy) is 1. The maximum Gasteiger partial charge on any atom is 0.223 e. The standard InChI is InChI=1S/C14H20ClNO3/c1-3-14(2,18)10-16-13(17)8-9-19-12-7-5-4-6-11(12)15/h4-7,18H,3,8-10H2,1-2H3,(H,16,17). The molecule has 1 aromatic carbocycles. The Bertz CT molecular complexity index is 421. The van der Waals surface area contributed by atoms with E-state index in [2.05, 4.69) is 5.32 Å². The highest BCUT2D eigenvalue weighted by Gasteiger charge is 2.18. The smallest absolute Gasteiger partial charge is 0.223 e. The zero-order chi connectivity index (χ0) is 14.3. The van der Waals surface area contributed by atoms with E-state index >= 15 is 0 Å². The molecule has 0 aliphatic heterocycles. The summed E-state index contributed by atoms with van der Waals surface area (Å²) < 4.78 is 5.41. The van der Waals surface area contributed by atoms with Crippen LogP contribution in [0.15, 0.2) is 24.3 Å². The van der Waals surface area contributed by atoms with Gasteiger partial charge in [-0.2, -0.15) is 0 Å². The fourth-order valence-corrected chi connectivity index (χ4v) is 1.51. The van der Waals surface area contributed by atoms with Crippen LogP contribution in [0, 0.1) is 0 Å². The third-order valence-corrected chi connectivity index (χ3v) is 3.16. The van der Waals surface area contributed by atoms with Crippen LogP contribution in [0.25, 0.3) is 0 Å². The molecule has 106 valence electrons. The molecule has 0 bridgehead atoms. The Labute approximate surface area is 118 Å². The van der Waals surface area contributed by atoms with E-state index in [-0.39, 0.29) is 25.5 Å². The van der Waals surface area contributed by atoms with Gasteiger partial charge in [-0.05, 0) is 25.5 Å². The summed E-state index contributed by atoms with van der Waals surface area (Å²) in [5.74, 6) is 0.415. The van der Waals surface area contributed by atoms with Crippen molar-refractivity contribution in [2.45, 2.75) is 32.3 Å². The van der Waals surface area contributed by atoms with E-state index in [4.69, 9.17) is 16.3 Å². The minimum absolute atomic E-state index is 0.152. The molecule has 0 saturated carbocycles. The first-order valence-electron chi connectivity index (χ1n) is 6.31. The van der Waals surface area contributed by atoms with E-state index in [1.165, 1.54) is 0 Å². The van der Waals surface area contributed by atoms with Gasteiger partial charge in [0, 0.05) is 6.54 Å². The Morgan fingerprint density at radius 1 is 1.47 bits per heavy atom. The largest absolute Gasteiger partial charge is 0.491 e. The second-order valence-corrected chi connectivity index (χ2v) is 5.06. The first-order valence-corrected chi connectivity index (χ1v) is 6.69. The maximum absolute atomic E-state index is 11.5. The minimum Gasteiger partial charge on any atom is -0.491 e. The predicted octanol–water partition coefficient (Wildman–Crippen LogP) is 2.39.